The largest absolute Gasteiger partial charge is 0.490 e. The molecule has 1 spiro atoms. The van der Waals surface area contributed by atoms with Gasteiger partial charge in [-0.25, -0.2) is 9.19 Å². The predicted molar refractivity (Wildman–Crippen MR) is 194 cm³/mol. The Morgan fingerprint density at radius 2 is 2.12 bits per heavy atom. The highest BCUT2D eigenvalue weighted by Crippen LogP contribution is 2.47. The van der Waals surface area contributed by atoms with Crippen LogP contribution in [0.1, 0.15) is 71.4 Å². The first kappa shape index (κ1) is 34.2. The Morgan fingerprint density at radius 1 is 1.22 bits per heavy atom. The number of ether oxygens (including phenoxy) is 2. The fraction of sp³-hybridized carbons (Fsp3) is 0.486. The van der Waals surface area contributed by atoms with E-state index < -0.39 is 21.7 Å². The highest BCUT2D eigenvalue weighted by molar-refractivity contribution is 7.92. The van der Waals surface area contributed by atoms with Gasteiger partial charge in [-0.05, 0) is 98.2 Å². The number of carbonyl (C=O) groups excluding carboxylic acids is 2. The number of nitrogens with one attached hydrogen (secondary N) is 1. The minimum atomic E-state index is -3.40. The molecule has 1 N–H and O–H groups in total. The number of fused-ring (bicyclic) bond motifs is 4. The van der Waals surface area contributed by atoms with E-state index in [0.29, 0.717) is 49.0 Å². The first-order valence-electron chi connectivity index (χ1n) is 17.2. The third-order valence-corrected chi connectivity index (χ3v) is 13.5. The fourth-order valence-corrected chi connectivity index (χ4v) is 10.4. The number of hydrogen-bond acceptors (Lipinski definition) is 8. The molecule has 1 fully saturated rings. The van der Waals surface area contributed by atoms with Gasteiger partial charge in [-0.15, -0.1) is 15.7 Å². The van der Waals surface area contributed by atoms with E-state index in [4.69, 9.17) is 21.1 Å². The molecule has 1 saturated carbocycles. The average Bonchev–Trinajstić information content (AvgIpc) is 3.55. The van der Waals surface area contributed by atoms with E-state index >= 15 is 0 Å². The lowest BCUT2D eigenvalue weighted by Gasteiger charge is -2.46. The van der Waals surface area contributed by atoms with Crippen LogP contribution < -0.4 is 14.4 Å². The Kier molecular flexibility index (Phi) is 10.2. The summed E-state index contributed by atoms with van der Waals surface area (Å²) < 4.78 is 33.7. The van der Waals surface area contributed by atoms with Crippen LogP contribution in [0.15, 0.2) is 64.5 Å². The highest BCUT2D eigenvalue weighted by atomic mass is 35.5. The number of aromatic nitrogens is 1. The summed E-state index contributed by atoms with van der Waals surface area (Å²) in [5.74, 6) is 0.497. The summed E-state index contributed by atoms with van der Waals surface area (Å²) in [6.07, 6.45) is 12.7. The van der Waals surface area contributed by atoms with Gasteiger partial charge < -0.3 is 14.4 Å². The number of allylic oxidation sites excluding steroid dienone is 1. The van der Waals surface area contributed by atoms with E-state index in [-0.39, 0.29) is 23.7 Å². The van der Waals surface area contributed by atoms with Gasteiger partial charge in [0.15, 0.2) is 0 Å². The van der Waals surface area contributed by atoms with Gasteiger partial charge >= 0.3 is 0 Å². The van der Waals surface area contributed by atoms with Crippen LogP contribution in [0.2, 0.25) is 5.02 Å². The molecule has 4 aliphatic rings. The molecule has 2 bridgehead atoms. The number of nitrogens with zero attached hydrogens (tertiary/aromatic N) is 3. The van der Waals surface area contributed by atoms with E-state index in [1.165, 1.54) is 22.5 Å². The van der Waals surface area contributed by atoms with Crippen LogP contribution in [0.5, 0.6) is 5.75 Å². The van der Waals surface area contributed by atoms with Crippen LogP contribution in [0.25, 0.3) is 0 Å². The van der Waals surface area contributed by atoms with Crippen LogP contribution in [0, 0.1) is 11.8 Å². The molecule has 9 nitrogen and oxygen atoms in total. The summed E-state index contributed by atoms with van der Waals surface area (Å²) in [5, 5.41) is 3.42. The first-order chi connectivity index (χ1) is 23.7. The zero-order chi connectivity index (χ0) is 34.0. The molecule has 5 atom stereocenters. The minimum Gasteiger partial charge on any atom is -0.490 e. The van der Waals surface area contributed by atoms with Crippen molar-refractivity contribution < 1.29 is 23.3 Å². The molecule has 260 valence electrons. The van der Waals surface area contributed by atoms with Gasteiger partial charge in [-0.2, -0.15) is 0 Å². The lowest BCUT2D eigenvalue weighted by molar-refractivity contribution is -0.119. The zero-order valence-electron chi connectivity index (χ0n) is 27.8. The summed E-state index contributed by atoms with van der Waals surface area (Å²) in [7, 11) is -1.63. The Hall–Kier alpha value is -3.25. The van der Waals surface area contributed by atoms with Crippen LogP contribution >= 0.6 is 22.9 Å². The van der Waals surface area contributed by atoms with Crippen LogP contribution in [-0.4, -0.2) is 59.7 Å². The maximum absolute atomic E-state index is 14.2. The zero-order valence-corrected chi connectivity index (χ0v) is 30.2. The second-order valence-electron chi connectivity index (χ2n) is 13.8. The third-order valence-electron chi connectivity index (χ3n) is 10.6. The van der Waals surface area contributed by atoms with Gasteiger partial charge in [0.1, 0.15) is 15.7 Å². The monoisotopic (exact) mass is 722 g/mol. The molecular weight excluding hydrogens is 680 g/mol. The van der Waals surface area contributed by atoms with Crippen LogP contribution in [-0.2, 0) is 37.7 Å². The van der Waals surface area contributed by atoms with Gasteiger partial charge in [0.05, 0.1) is 29.2 Å². The number of thiazole rings is 1. The number of halogens is 1. The highest BCUT2D eigenvalue weighted by Gasteiger charge is 2.44. The van der Waals surface area contributed by atoms with Crippen LogP contribution in [0.3, 0.4) is 0 Å². The molecule has 2 amide bonds. The molecule has 49 heavy (non-hydrogen) atoms. The number of benzene rings is 2. The normalized spacial score (nSPS) is 29.0. The Bertz CT molecular complexity index is 1860. The molecule has 1 unspecified atom stereocenters. The molecule has 1 aromatic heterocycles. The average molecular weight is 723 g/mol. The third kappa shape index (κ3) is 7.45. The van der Waals surface area contributed by atoms with Crippen molar-refractivity contribution in [3.05, 3.63) is 86.8 Å². The van der Waals surface area contributed by atoms with Crippen LogP contribution in [0.4, 0.5) is 5.69 Å². The van der Waals surface area contributed by atoms with Gasteiger partial charge in [-0.3, -0.25) is 14.3 Å². The van der Waals surface area contributed by atoms with Crippen molar-refractivity contribution >= 4 is 50.4 Å². The molecule has 12 heteroatoms. The standard InChI is InChI=1S/C37H43ClN4O5S2/c1-46-32-7-3-2-4-19-49(45,40-34(43)14-15-35-39-17-18-48-35)41-36(44)26-9-13-33-31(21-26)42(22-27-8-11-29(27)32)23-37(24-47-33)16-5-6-25-20-28(38)10-12-30(25)37/h3,7,9-10,12-13,17-18,20-21,27,29,32H,2,4-6,8,11,14-16,19,22-24H2,1H3,(H,40,41,43,44,45)/b7-3+/t27-,29+,32-,37-,49?/m0/s1. The fourth-order valence-electron chi connectivity index (χ4n) is 7.94. The van der Waals surface area contributed by atoms with Crippen molar-refractivity contribution in [2.24, 2.45) is 16.2 Å². The number of rotatable bonds is 5. The summed E-state index contributed by atoms with van der Waals surface area (Å²) in [6.45, 7) is 2.04. The van der Waals surface area contributed by atoms with Gasteiger partial charge in [0, 0.05) is 60.6 Å². The number of anilines is 1. The maximum atomic E-state index is 14.2. The number of hydrogen-bond donors (Lipinski definition) is 1. The molecule has 7 rings (SSSR count). The van der Waals surface area contributed by atoms with Crippen molar-refractivity contribution in [1.82, 2.24) is 9.71 Å². The molecular formula is C37H43ClN4O5S2. The summed E-state index contributed by atoms with van der Waals surface area (Å²) >= 11 is 7.91. The topological polar surface area (TPSA) is 110 Å². The number of carbonyl (C=O) groups is 2. The summed E-state index contributed by atoms with van der Waals surface area (Å²) in [6, 6.07) is 11.6. The van der Waals surface area contributed by atoms with Crippen molar-refractivity contribution in [3.8, 4) is 5.75 Å². The quantitative estimate of drug-likeness (QED) is 0.285. The van der Waals surface area contributed by atoms with Crippen molar-refractivity contribution in [3.63, 3.8) is 0 Å². The molecule has 3 aromatic rings. The molecule has 0 radical (unpaired) electrons. The SMILES string of the molecule is CO[C@H]1/C=C/CCCS(=O)(NC(=O)CCc2nccs2)=NC(=O)c2ccc3c(c2)N(C[C@@H]2CC[C@H]21)C[C@@]1(CCCc2cc(Cl)ccc21)CO3. The van der Waals surface area contributed by atoms with Crippen molar-refractivity contribution in [1.29, 1.82) is 0 Å². The second-order valence-corrected chi connectivity index (χ2v) is 17.2. The smallest absolute Gasteiger partial charge is 0.286 e. The number of amides is 2. The second kappa shape index (κ2) is 14.5. The maximum Gasteiger partial charge on any atom is 0.286 e. The van der Waals surface area contributed by atoms with Gasteiger partial charge in [0.25, 0.3) is 5.91 Å². The molecule has 2 aliphatic carbocycles. The Balaban J connectivity index is 1.25. The van der Waals surface area contributed by atoms with Gasteiger partial charge in [-0.1, -0.05) is 29.8 Å². The van der Waals surface area contributed by atoms with E-state index in [1.54, 1.807) is 19.4 Å². The number of methoxy groups -OCH3 is 1. The first-order valence-corrected chi connectivity index (χ1v) is 20.2. The van der Waals surface area contributed by atoms with E-state index in [9.17, 15) is 13.8 Å². The lowest BCUT2D eigenvalue weighted by atomic mass is 9.68. The molecule has 0 saturated heterocycles. The predicted octanol–water partition coefficient (Wildman–Crippen LogP) is 6.93. The molecule has 2 aliphatic heterocycles. The molecule has 2 aromatic carbocycles. The Labute approximate surface area is 297 Å². The summed E-state index contributed by atoms with van der Waals surface area (Å²) in [4.78, 5) is 33.4. The Morgan fingerprint density at radius 3 is 2.92 bits per heavy atom. The minimum absolute atomic E-state index is 0.0339. The number of aryl methyl sites for hydroxylation is 2. The van der Waals surface area contributed by atoms with Crippen molar-refractivity contribution in [2.45, 2.75) is 69.3 Å². The molecule has 3 heterocycles. The van der Waals surface area contributed by atoms with Crippen molar-refractivity contribution in [2.75, 3.05) is 37.5 Å². The van der Waals surface area contributed by atoms with E-state index in [0.717, 1.165) is 60.9 Å². The van der Waals surface area contributed by atoms with Gasteiger partial charge in [0.2, 0.25) is 5.91 Å². The lowest BCUT2D eigenvalue weighted by Crippen LogP contribution is -2.49. The summed E-state index contributed by atoms with van der Waals surface area (Å²) in [5.41, 5.74) is 3.45. The van der Waals surface area contributed by atoms with E-state index in [2.05, 4.69) is 43.3 Å². The van der Waals surface area contributed by atoms with E-state index in [1.807, 2.05) is 23.6 Å².